The second-order valence-electron chi connectivity index (χ2n) is 21.3. The van der Waals surface area contributed by atoms with E-state index in [4.69, 9.17) is 33.3 Å². The monoisotopic (exact) mass is 1270 g/mol. The van der Waals surface area contributed by atoms with Crippen LogP contribution in [0.4, 0.5) is 0 Å². The van der Waals surface area contributed by atoms with Crippen LogP contribution in [0.2, 0.25) is 0 Å². The number of methoxy groups -OCH3 is 4. The highest BCUT2D eigenvalue weighted by atomic mass is 16.7. The van der Waals surface area contributed by atoms with Crippen molar-refractivity contribution in [2.24, 2.45) is 0 Å². The van der Waals surface area contributed by atoms with Gasteiger partial charge in [-0.3, -0.25) is 29.5 Å². The quantitative estimate of drug-likeness (QED) is 0.0151. The zero-order chi connectivity index (χ0) is 66.2. The number of nitrogens with one attached hydrogen (secondary N) is 6. The first-order valence-corrected chi connectivity index (χ1v) is 30.8. The van der Waals surface area contributed by atoms with Gasteiger partial charge in [-0.15, -0.1) is 0 Å². The summed E-state index contributed by atoms with van der Waals surface area (Å²) in [5, 5.41) is 7.34. The second-order valence-corrected chi connectivity index (χ2v) is 21.3. The van der Waals surface area contributed by atoms with Crippen LogP contribution in [0.3, 0.4) is 0 Å². The molecule has 0 amide bonds. The van der Waals surface area contributed by atoms with Crippen LogP contribution in [0.25, 0.3) is 49.2 Å². The van der Waals surface area contributed by atoms with Crippen molar-refractivity contribution in [2.75, 3.05) is 62.3 Å². The normalized spacial score (nSPS) is 12.0. The minimum atomic E-state index is -0.399. The predicted molar refractivity (Wildman–Crippen MR) is 365 cm³/mol. The maximum absolute atomic E-state index is 12.1. The molecule has 4 aromatic carbocycles. The molecule has 94 heavy (non-hydrogen) atoms. The summed E-state index contributed by atoms with van der Waals surface area (Å²) in [6.07, 6.45) is 17.4. The lowest BCUT2D eigenvalue weighted by Gasteiger charge is -2.18. The van der Waals surface area contributed by atoms with Gasteiger partial charge in [0, 0.05) is 147 Å². The number of hydrogen-bond acceptors (Lipinski definition) is 16. The number of pyridine rings is 4. The largest absolute Gasteiger partial charge is 0.496 e. The molecule has 0 aliphatic carbocycles. The van der Waals surface area contributed by atoms with E-state index in [1.807, 2.05) is 172 Å². The number of esters is 2. The van der Waals surface area contributed by atoms with Gasteiger partial charge in [0.1, 0.15) is 23.0 Å². The summed E-state index contributed by atoms with van der Waals surface area (Å²) in [6, 6.07) is 47.1. The lowest BCUT2D eigenvalue weighted by molar-refractivity contribution is -0.150. The highest BCUT2D eigenvalue weighted by Gasteiger charge is 2.25. The molecule has 8 heterocycles. The summed E-state index contributed by atoms with van der Waals surface area (Å²) in [6.45, 7) is 5.21. The molecule has 484 valence electrons. The van der Waals surface area contributed by atoms with Crippen LogP contribution in [-0.4, -0.2) is 120 Å². The van der Waals surface area contributed by atoms with E-state index in [2.05, 4.69) is 68.9 Å². The molecule has 0 saturated heterocycles. The average molecular weight is 1270 g/mol. The molecule has 12 aromatic rings. The summed E-state index contributed by atoms with van der Waals surface area (Å²) in [5.74, 6) is 2.01. The molecule has 3 unspecified atom stereocenters. The van der Waals surface area contributed by atoms with Gasteiger partial charge in [0.25, 0.3) is 0 Å². The van der Waals surface area contributed by atoms with Crippen LogP contribution in [0.5, 0.6) is 23.0 Å². The highest BCUT2D eigenvalue weighted by Crippen LogP contribution is 2.38. The molecule has 12 rings (SSSR count). The van der Waals surface area contributed by atoms with Crippen molar-refractivity contribution in [3.05, 3.63) is 246 Å². The predicted octanol–water partition coefficient (Wildman–Crippen LogP) is 13.3. The zero-order valence-corrected chi connectivity index (χ0v) is 53.9. The lowest BCUT2D eigenvalue weighted by Crippen LogP contribution is -2.18. The maximum Gasteiger partial charge on any atom is 0.331 e. The molecular formula is C74H78N10O10. The molecule has 0 fully saturated rings. The van der Waals surface area contributed by atoms with Gasteiger partial charge in [0.2, 0.25) is 0 Å². The van der Waals surface area contributed by atoms with Gasteiger partial charge in [-0.2, -0.15) is 5.48 Å². The third-order valence-electron chi connectivity index (χ3n) is 15.6. The number of carbonyl (C=O) groups is 3. The molecule has 0 bridgehead atoms. The first-order chi connectivity index (χ1) is 46.0. The van der Waals surface area contributed by atoms with Crippen molar-refractivity contribution in [2.45, 2.75) is 50.9 Å². The number of aromatic amines is 4. The number of ether oxygens (including phenoxy) is 6. The summed E-state index contributed by atoms with van der Waals surface area (Å²) < 4.78 is 32.2. The van der Waals surface area contributed by atoms with Crippen molar-refractivity contribution in [1.82, 2.24) is 50.7 Å². The minimum Gasteiger partial charge on any atom is -0.496 e. The van der Waals surface area contributed by atoms with Gasteiger partial charge in [-0.05, 0) is 177 Å². The van der Waals surface area contributed by atoms with Gasteiger partial charge in [-0.25, -0.2) is 4.79 Å². The van der Waals surface area contributed by atoms with Crippen LogP contribution in [0.1, 0.15) is 95.9 Å². The Bertz CT molecular complexity index is 4260. The van der Waals surface area contributed by atoms with E-state index >= 15 is 0 Å². The van der Waals surface area contributed by atoms with Gasteiger partial charge in [-0.1, -0.05) is 24.3 Å². The van der Waals surface area contributed by atoms with Crippen molar-refractivity contribution in [3.8, 4) is 23.0 Å². The van der Waals surface area contributed by atoms with Crippen LogP contribution in [-0.2, 0) is 28.7 Å². The number of fused-ring (bicyclic) bond motifs is 4. The van der Waals surface area contributed by atoms with E-state index in [0.29, 0.717) is 24.5 Å². The van der Waals surface area contributed by atoms with Crippen LogP contribution in [0.15, 0.2) is 201 Å². The first kappa shape index (κ1) is 67.3. The Morgan fingerprint density at radius 2 is 0.872 bits per heavy atom. The fourth-order valence-corrected chi connectivity index (χ4v) is 11.2. The molecule has 6 N–H and O–H groups in total. The molecule has 20 heteroatoms. The van der Waals surface area contributed by atoms with E-state index in [1.165, 1.54) is 11.6 Å². The highest BCUT2D eigenvalue weighted by molar-refractivity contribution is 5.99. The Labute approximate surface area is 545 Å². The topological polar surface area (TPSA) is 255 Å². The van der Waals surface area contributed by atoms with Crippen molar-refractivity contribution in [1.29, 1.82) is 0 Å². The standard InChI is InChI=1S/C19H20N2O3.C19H18N2O3.C18H19N3O3.C18H21N3O/c2*1-3-24-19(22)12-15(16-6-4-5-8-20-16)13-10-17-14(7-9-21-17)18(11-13)23-2;1-19-24-18(22)11-14(15-5-3-4-7-20-15)12-9-16-13(6-8-21-16)17(10-12)23-2;1-19-9-6-14(16-5-3-4-8-20-16)13-11-17-15(7-10-21-17)18(12-13)22-2/h4-11,15,21H,3,12H2,1-2H3;4-12,21H,3H2,1-2H3;3-10,14,19,21H,11H2,1-2H3;3-5,7-8,10-12,14,19,21H,6,9H2,1-2H3/b;15-12-;;. The number of rotatable bonds is 23. The Morgan fingerprint density at radius 3 is 1.27 bits per heavy atom. The van der Waals surface area contributed by atoms with Crippen molar-refractivity contribution < 1.29 is 47.6 Å². The molecule has 0 radical (unpaired) electrons. The molecule has 3 atom stereocenters. The molecule has 0 spiro atoms. The number of hydroxylamine groups is 1. The number of hydrogen-bond donors (Lipinski definition) is 6. The number of carbonyl (C=O) groups excluding carboxylic acids is 3. The van der Waals surface area contributed by atoms with E-state index < -0.39 is 5.97 Å². The SMILES string of the molecule is CCOC(=O)/C=C(/c1cc(OC)c2cc[nH]c2c1)c1ccccn1.CCOC(=O)CC(c1cc(OC)c2cc[nH]c2c1)c1ccccn1.CNCCC(c1cc(OC)c2cc[nH]c2c1)c1ccccn1.CNOC(=O)CC(c1cc(OC)c2cc[nH]c2c1)c1ccccn1. The summed E-state index contributed by atoms with van der Waals surface area (Å²) in [7, 11) is 10.2. The van der Waals surface area contributed by atoms with E-state index in [9.17, 15) is 14.4 Å². The van der Waals surface area contributed by atoms with Gasteiger partial charge >= 0.3 is 17.9 Å². The Morgan fingerprint density at radius 1 is 0.468 bits per heavy atom. The summed E-state index contributed by atoms with van der Waals surface area (Å²) >= 11 is 0. The van der Waals surface area contributed by atoms with E-state index in [1.54, 1.807) is 61.0 Å². The molecule has 0 aliphatic rings. The molecule has 0 aliphatic heterocycles. The van der Waals surface area contributed by atoms with Crippen molar-refractivity contribution in [3.63, 3.8) is 0 Å². The smallest absolute Gasteiger partial charge is 0.331 e. The second kappa shape index (κ2) is 33.8. The number of H-pyrrole nitrogens is 4. The summed E-state index contributed by atoms with van der Waals surface area (Å²) in [5.41, 5.74) is 14.4. The Kier molecular flexibility index (Phi) is 24.2. The molecule has 0 saturated carbocycles. The fourth-order valence-electron chi connectivity index (χ4n) is 11.2. The van der Waals surface area contributed by atoms with Gasteiger partial charge in [0.05, 0.1) is 60.2 Å². The Hall–Kier alpha value is -11.1. The van der Waals surface area contributed by atoms with Gasteiger partial charge < -0.3 is 58.5 Å². The fraction of sp³-hybridized carbons (Fsp3) is 0.230. The molecule has 8 aromatic heterocycles. The minimum absolute atomic E-state index is 0.174. The van der Waals surface area contributed by atoms with Crippen molar-refractivity contribution >= 4 is 67.1 Å². The molecule has 20 nitrogen and oxygen atoms in total. The van der Waals surface area contributed by atoms with Gasteiger partial charge in [0.15, 0.2) is 0 Å². The Balaban J connectivity index is 0.000000148. The third-order valence-corrected chi connectivity index (χ3v) is 15.6. The zero-order valence-electron chi connectivity index (χ0n) is 53.9. The van der Waals surface area contributed by atoms with E-state index in [0.717, 1.165) is 113 Å². The first-order valence-electron chi connectivity index (χ1n) is 30.8. The maximum atomic E-state index is 12.1. The average Bonchev–Trinajstić information content (AvgIpc) is 1.62. The van der Waals surface area contributed by atoms with Crippen LogP contribution < -0.4 is 29.7 Å². The van der Waals surface area contributed by atoms with Crippen LogP contribution in [0, 0.1) is 0 Å². The van der Waals surface area contributed by atoms with E-state index in [-0.39, 0.29) is 42.5 Å². The van der Waals surface area contributed by atoms with Crippen LogP contribution >= 0.6 is 0 Å². The number of benzene rings is 4. The summed E-state index contributed by atoms with van der Waals surface area (Å²) in [4.78, 5) is 71.6. The molecular weight excluding hydrogens is 1190 g/mol. The number of aromatic nitrogens is 8. The number of nitrogens with zero attached hydrogens (tertiary/aromatic N) is 4. The third kappa shape index (κ3) is 17.1. The lowest BCUT2D eigenvalue weighted by atomic mass is 9.91.